The van der Waals surface area contributed by atoms with Gasteiger partial charge in [0.2, 0.25) is 0 Å². The Labute approximate surface area is 140 Å². The summed E-state index contributed by atoms with van der Waals surface area (Å²) in [7, 11) is 0. The van der Waals surface area contributed by atoms with E-state index in [9.17, 15) is 9.59 Å². The Bertz CT molecular complexity index is 622. The first-order valence-electron chi connectivity index (χ1n) is 7.93. The second kappa shape index (κ2) is 6.76. The lowest BCUT2D eigenvalue weighted by atomic mass is 9.95. The highest BCUT2D eigenvalue weighted by molar-refractivity contribution is 6.34. The Morgan fingerprint density at radius 2 is 2.22 bits per heavy atom. The number of urea groups is 1. The number of carbonyl (C=O) groups is 2. The molecule has 1 aromatic rings. The fourth-order valence-electron chi connectivity index (χ4n) is 3.04. The van der Waals surface area contributed by atoms with Crippen molar-refractivity contribution in [3.63, 3.8) is 0 Å². The van der Waals surface area contributed by atoms with Crippen LogP contribution in [0.2, 0.25) is 5.02 Å². The van der Waals surface area contributed by atoms with E-state index in [0.29, 0.717) is 35.3 Å². The SMILES string of the molecule is CC1CNCCC1NC(=O)c1ccc(Cl)c(N2CCNC2=O)c1. The number of piperidine rings is 1. The minimum atomic E-state index is -0.184. The number of carbonyl (C=O) groups excluding carboxylic acids is 2. The molecule has 2 saturated heterocycles. The standard InChI is InChI=1S/C16H21ClN4O2/c1-10-9-18-5-4-13(10)20-15(22)11-2-3-12(17)14(8-11)21-7-6-19-16(21)23/h2-3,8,10,13,18H,4-7,9H2,1H3,(H,19,23)(H,20,22). The molecule has 2 atom stereocenters. The molecule has 2 aliphatic rings. The maximum Gasteiger partial charge on any atom is 0.322 e. The van der Waals surface area contributed by atoms with Gasteiger partial charge in [-0.15, -0.1) is 0 Å². The van der Waals surface area contributed by atoms with Crippen LogP contribution in [0.3, 0.4) is 0 Å². The number of hydrogen-bond donors (Lipinski definition) is 3. The first-order valence-corrected chi connectivity index (χ1v) is 8.30. The molecule has 2 unspecified atom stereocenters. The van der Waals surface area contributed by atoms with E-state index in [1.165, 1.54) is 0 Å². The van der Waals surface area contributed by atoms with E-state index in [1.807, 2.05) is 0 Å². The molecule has 2 fully saturated rings. The summed E-state index contributed by atoms with van der Waals surface area (Å²) < 4.78 is 0. The van der Waals surface area contributed by atoms with Crippen molar-refractivity contribution < 1.29 is 9.59 Å². The normalized spacial score (nSPS) is 24.4. The molecule has 7 heteroatoms. The van der Waals surface area contributed by atoms with Crippen molar-refractivity contribution in [2.75, 3.05) is 31.1 Å². The number of halogens is 1. The highest BCUT2D eigenvalue weighted by Crippen LogP contribution is 2.28. The molecule has 0 saturated carbocycles. The number of nitrogens with zero attached hydrogens (tertiary/aromatic N) is 1. The summed E-state index contributed by atoms with van der Waals surface area (Å²) in [5, 5.41) is 9.61. The van der Waals surface area contributed by atoms with Crippen molar-refractivity contribution in [2.45, 2.75) is 19.4 Å². The molecule has 3 amide bonds. The molecule has 0 spiro atoms. The molecular formula is C16H21ClN4O2. The van der Waals surface area contributed by atoms with Gasteiger partial charge in [0.25, 0.3) is 5.91 Å². The van der Waals surface area contributed by atoms with E-state index in [2.05, 4.69) is 22.9 Å². The molecule has 124 valence electrons. The number of benzene rings is 1. The van der Waals surface area contributed by atoms with Crippen LogP contribution in [0.4, 0.5) is 10.5 Å². The molecule has 1 aromatic carbocycles. The van der Waals surface area contributed by atoms with Crippen LogP contribution in [0.1, 0.15) is 23.7 Å². The summed E-state index contributed by atoms with van der Waals surface area (Å²) in [6.07, 6.45) is 0.919. The minimum absolute atomic E-state index is 0.124. The summed E-state index contributed by atoms with van der Waals surface area (Å²) in [5.74, 6) is 0.269. The number of hydrogen-bond acceptors (Lipinski definition) is 3. The van der Waals surface area contributed by atoms with Crippen molar-refractivity contribution in [2.24, 2.45) is 5.92 Å². The monoisotopic (exact) mass is 336 g/mol. The zero-order valence-electron chi connectivity index (χ0n) is 13.1. The topological polar surface area (TPSA) is 73.5 Å². The van der Waals surface area contributed by atoms with Gasteiger partial charge in [0, 0.05) is 24.7 Å². The van der Waals surface area contributed by atoms with E-state index in [4.69, 9.17) is 11.6 Å². The molecule has 3 rings (SSSR count). The van der Waals surface area contributed by atoms with Crippen LogP contribution in [0.15, 0.2) is 18.2 Å². The molecular weight excluding hydrogens is 316 g/mol. The van der Waals surface area contributed by atoms with Crippen LogP contribution in [0.25, 0.3) is 0 Å². The first-order chi connectivity index (χ1) is 11.1. The van der Waals surface area contributed by atoms with Gasteiger partial charge in [0.15, 0.2) is 0 Å². The van der Waals surface area contributed by atoms with E-state index in [-0.39, 0.29) is 18.0 Å². The Morgan fingerprint density at radius 3 is 2.91 bits per heavy atom. The highest BCUT2D eigenvalue weighted by Gasteiger charge is 2.26. The number of rotatable bonds is 3. The van der Waals surface area contributed by atoms with E-state index in [0.717, 1.165) is 19.5 Å². The third-order valence-corrected chi connectivity index (χ3v) is 4.78. The van der Waals surface area contributed by atoms with Crippen LogP contribution in [-0.2, 0) is 0 Å². The van der Waals surface area contributed by atoms with Gasteiger partial charge in [-0.2, -0.15) is 0 Å². The summed E-state index contributed by atoms with van der Waals surface area (Å²) in [6, 6.07) is 5.03. The summed E-state index contributed by atoms with van der Waals surface area (Å²) in [4.78, 5) is 25.9. The Morgan fingerprint density at radius 1 is 1.39 bits per heavy atom. The average molecular weight is 337 g/mol. The summed E-state index contributed by atoms with van der Waals surface area (Å²) >= 11 is 6.20. The van der Waals surface area contributed by atoms with Gasteiger partial charge in [0.1, 0.15) is 0 Å². The molecule has 0 aromatic heterocycles. The predicted molar refractivity (Wildman–Crippen MR) is 90.1 cm³/mol. The maximum absolute atomic E-state index is 12.5. The molecule has 3 N–H and O–H groups in total. The fourth-order valence-corrected chi connectivity index (χ4v) is 3.26. The third kappa shape index (κ3) is 3.43. The zero-order valence-corrected chi connectivity index (χ0v) is 13.8. The Kier molecular flexibility index (Phi) is 4.73. The smallest absolute Gasteiger partial charge is 0.322 e. The van der Waals surface area contributed by atoms with Crippen molar-refractivity contribution >= 4 is 29.2 Å². The highest BCUT2D eigenvalue weighted by atomic mass is 35.5. The number of amides is 3. The maximum atomic E-state index is 12.5. The molecule has 0 aliphatic carbocycles. The first kappa shape index (κ1) is 16.1. The third-order valence-electron chi connectivity index (χ3n) is 4.46. The number of anilines is 1. The summed E-state index contributed by atoms with van der Waals surface area (Å²) in [5.41, 5.74) is 1.10. The van der Waals surface area contributed by atoms with Crippen LogP contribution >= 0.6 is 11.6 Å². The van der Waals surface area contributed by atoms with Gasteiger partial charge < -0.3 is 16.0 Å². The van der Waals surface area contributed by atoms with E-state index >= 15 is 0 Å². The second-order valence-electron chi connectivity index (χ2n) is 6.10. The van der Waals surface area contributed by atoms with Crippen LogP contribution < -0.4 is 20.9 Å². The van der Waals surface area contributed by atoms with Crippen LogP contribution in [0.5, 0.6) is 0 Å². The second-order valence-corrected chi connectivity index (χ2v) is 6.51. The summed E-state index contributed by atoms with van der Waals surface area (Å²) in [6.45, 7) is 5.08. The van der Waals surface area contributed by atoms with Crippen molar-refractivity contribution in [3.8, 4) is 0 Å². The van der Waals surface area contributed by atoms with Gasteiger partial charge in [-0.25, -0.2) is 4.79 Å². The largest absolute Gasteiger partial charge is 0.349 e. The Balaban J connectivity index is 1.77. The molecule has 2 aliphatic heterocycles. The molecule has 0 bridgehead atoms. The van der Waals surface area contributed by atoms with E-state index < -0.39 is 0 Å². The lowest BCUT2D eigenvalue weighted by molar-refractivity contribution is 0.0914. The molecule has 0 radical (unpaired) electrons. The Hall–Kier alpha value is -1.79. The minimum Gasteiger partial charge on any atom is -0.349 e. The predicted octanol–water partition coefficient (Wildman–Crippen LogP) is 1.60. The quantitative estimate of drug-likeness (QED) is 0.785. The van der Waals surface area contributed by atoms with Crippen molar-refractivity contribution in [1.82, 2.24) is 16.0 Å². The van der Waals surface area contributed by atoms with Crippen LogP contribution in [0, 0.1) is 5.92 Å². The lowest BCUT2D eigenvalue weighted by Gasteiger charge is -2.30. The van der Waals surface area contributed by atoms with Gasteiger partial charge >= 0.3 is 6.03 Å². The van der Waals surface area contributed by atoms with E-state index in [1.54, 1.807) is 23.1 Å². The van der Waals surface area contributed by atoms with Gasteiger partial charge in [-0.1, -0.05) is 18.5 Å². The van der Waals surface area contributed by atoms with Gasteiger partial charge in [-0.3, -0.25) is 9.69 Å². The molecule has 23 heavy (non-hydrogen) atoms. The van der Waals surface area contributed by atoms with Crippen molar-refractivity contribution in [1.29, 1.82) is 0 Å². The zero-order chi connectivity index (χ0) is 16.4. The number of nitrogens with one attached hydrogen (secondary N) is 3. The average Bonchev–Trinajstić information content (AvgIpc) is 2.96. The van der Waals surface area contributed by atoms with Crippen molar-refractivity contribution in [3.05, 3.63) is 28.8 Å². The molecule has 6 nitrogen and oxygen atoms in total. The van der Waals surface area contributed by atoms with Crippen LogP contribution in [-0.4, -0.2) is 44.2 Å². The van der Waals surface area contributed by atoms with Gasteiger partial charge in [0.05, 0.1) is 10.7 Å². The van der Waals surface area contributed by atoms with Gasteiger partial charge in [-0.05, 0) is 43.6 Å². The molecule has 2 heterocycles. The lowest BCUT2D eigenvalue weighted by Crippen LogP contribution is -2.48. The fraction of sp³-hybridized carbons (Fsp3) is 0.500.